The SMILES string of the molecule is COc1cc(C=C2SC(=Nc3ccccc3)NC2=O)ccc1OCC(=O)O. The number of carboxylic acids is 1. The van der Waals surface area contributed by atoms with Crippen molar-refractivity contribution in [1.82, 2.24) is 5.32 Å². The maximum absolute atomic E-state index is 12.2. The molecular formula is C19H16N2O5S. The molecule has 2 aromatic carbocycles. The molecule has 0 aliphatic carbocycles. The number of thioether (sulfide) groups is 1. The number of amidine groups is 1. The highest BCUT2D eigenvalue weighted by molar-refractivity contribution is 8.18. The van der Waals surface area contributed by atoms with Crippen LogP contribution in [0.15, 0.2) is 58.4 Å². The third-order valence-corrected chi connectivity index (χ3v) is 4.38. The zero-order valence-electron chi connectivity index (χ0n) is 14.3. The lowest BCUT2D eigenvalue weighted by Crippen LogP contribution is -2.19. The minimum absolute atomic E-state index is 0.236. The van der Waals surface area contributed by atoms with Gasteiger partial charge in [-0.2, -0.15) is 0 Å². The summed E-state index contributed by atoms with van der Waals surface area (Å²) in [6.07, 6.45) is 1.71. The Kier molecular flexibility index (Phi) is 5.77. The van der Waals surface area contributed by atoms with Gasteiger partial charge in [-0.3, -0.25) is 4.79 Å². The fourth-order valence-corrected chi connectivity index (χ4v) is 3.13. The van der Waals surface area contributed by atoms with E-state index in [4.69, 9.17) is 14.6 Å². The number of benzene rings is 2. The molecule has 2 aromatic rings. The normalized spacial score (nSPS) is 16.4. The molecule has 1 aliphatic heterocycles. The summed E-state index contributed by atoms with van der Waals surface area (Å²) < 4.78 is 10.4. The van der Waals surface area contributed by atoms with Gasteiger partial charge < -0.3 is 19.9 Å². The third kappa shape index (κ3) is 4.89. The average Bonchev–Trinajstić information content (AvgIpc) is 3.00. The third-order valence-electron chi connectivity index (χ3n) is 3.47. The van der Waals surface area contributed by atoms with Crippen LogP contribution in [0.5, 0.6) is 11.5 Å². The van der Waals surface area contributed by atoms with Gasteiger partial charge in [-0.25, -0.2) is 9.79 Å². The number of nitrogens with zero attached hydrogens (tertiary/aromatic N) is 1. The van der Waals surface area contributed by atoms with Gasteiger partial charge >= 0.3 is 5.97 Å². The van der Waals surface area contributed by atoms with Crippen molar-refractivity contribution in [2.75, 3.05) is 13.7 Å². The first-order valence-corrected chi connectivity index (χ1v) is 8.74. The number of ether oxygens (including phenoxy) is 2. The molecule has 1 saturated heterocycles. The summed E-state index contributed by atoms with van der Waals surface area (Å²) in [7, 11) is 1.46. The number of methoxy groups -OCH3 is 1. The predicted octanol–water partition coefficient (Wildman–Crippen LogP) is 3.05. The molecule has 27 heavy (non-hydrogen) atoms. The first-order valence-electron chi connectivity index (χ1n) is 7.92. The van der Waals surface area contributed by atoms with Crippen LogP contribution in [-0.2, 0) is 9.59 Å². The number of carbonyl (C=O) groups is 2. The Morgan fingerprint density at radius 1 is 1.22 bits per heavy atom. The molecule has 1 aliphatic rings. The van der Waals surface area contributed by atoms with E-state index in [1.54, 1.807) is 24.3 Å². The van der Waals surface area contributed by atoms with E-state index in [0.717, 1.165) is 5.69 Å². The van der Waals surface area contributed by atoms with E-state index in [0.29, 0.717) is 27.1 Å². The van der Waals surface area contributed by atoms with Crippen LogP contribution in [0.25, 0.3) is 6.08 Å². The number of hydrogen-bond donors (Lipinski definition) is 2. The number of para-hydroxylation sites is 1. The highest BCUT2D eigenvalue weighted by Crippen LogP contribution is 2.32. The van der Waals surface area contributed by atoms with Gasteiger partial charge in [0, 0.05) is 0 Å². The van der Waals surface area contributed by atoms with Gasteiger partial charge in [0.25, 0.3) is 5.91 Å². The zero-order valence-corrected chi connectivity index (χ0v) is 15.2. The Morgan fingerprint density at radius 2 is 2.00 bits per heavy atom. The first kappa shape index (κ1) is 18.5. The maximum atomic E-state index is 12.2. The van der Waals surface area contributed by atoms with E-state index >= 15 is 0 Å². The molecule has 3 rings (SSSR count). The minimum Gasteiger partial charge on any atom is -0.493 e. The molecule has 8 heteroatoms. The molecule has 138 valence electrons. The number of carboxylic acid groups (broad SMARTS) is 1. The highest BCUT2D eigenvalue weighted by Gasteiger charge is 2.24. The molecule has 0 saturated carbocycles. The van der Waals surface area contributed by atoms with Crippen LogP contribution in [0.2, 0.25) is 0 Å². The van der Waals surface area contributed by atoms with Crippen molar-refractivity contribution in [2.45, 2.75) is 0 Å². The molecule has 2 N–H and O–H groups in total. The van der Waals surface area contributed by atoms with Crippen LogP contribution in [0, 0.1) is 0 Å². The van der Waals surface area contributed by atoms with Crippen LogP contribution in [0.3, 0.4) is 0 Å². The lowest BCUT2D eigenvalue weighted by atomic mass is 10.2. The van der Waals surface area contributed by atoms with Crippen molar-refractivity contribution in [3.8, 4) is 11.5 Å². The summed E-state index contributed by atoms with van der Waals surface area (Å²) in [6.45, 7) is -0.464. The van der Waals surface area contributed by atoms with Gasteiger partial charge in [0.2, 0.25) is 0 Å². The van der Waals surface area contributed by atoms with Crippen molar-refractivity contribution >= 4 is 40.6 Å². The van der Waals surface area contributed by atoms with Crippen molar-refractivity contribution in [3.63, 3.8) is 0 Å². The lowest BCUT2D eigenvalue weighted by Gasteiger charge is -2.09. The predicted molar refractivity (Wildman–Crippen MR) is 103 cm³/mol. The molecule has 0 bridgehead atoms. The van der Waals surface area contributed by atoms with Gasteiger partial charge in [0.05, 0.1) is 17.7 Å². The highest BCUT2D eigenvalue weighted by atomic mass is 32.2. The molecule has 0 radical (unpaired) electrons. The Balaban J connectivity index is 1.79. The molecular weight excluding hydrogens is 368 g/mol. The molecule has 0 atom stereocenters. The average molecular weight is 384 g/mol. The molecule has 7 nitrogen and oxygen atoms in total. The number of amides is 1. The fraction of sp³-hybridized carbons (Fsp3) is 0.105. The van der Waals surface area contributed by atoms with Crippen molar-refractivity contribution < 1.29 is 24.2 Å². The summed E-state index contributed by atoms with van der Waals surface area (Å²) in [5.41, 5.74) is 1.47. The quantitative estimate of drug-likeness (QED) is 0.743. The van der Waals surface area contributed by atoms with E-state index in [9.17, 15) is 9.59 Å². The van der Waals surface area contributed by atoms with E-state index in [2.05, 4.69) is 10.3 Å². The first-order chi connectivity index (χ1) is 13.0. The molecule has 0 spiro atoms. The number of nitrogens with one attached hydrogen (secondary N) is 1. The van der Waals surface area contributed by atoms with Gasteiger partial charge in [0.15, 0.2) is 23.3 Å². The second-order valence-electron chi connectivity index (χ2n) is 5.41. The summed E-state index contributed by atoms with van der Waals surface area (Å²) in [6, 6.07) is 14.3. The fourth-order valence-electron chi connectivity index (χ4n) is 2.28. The number of aliphatic imine (C=N–C) groups is 1. The van der Waals surface area contributed by atoms with Crippen molar-refractivity contribution in [1.29, 1.82) is 0 Å². The second-order valence-corrected chi connectivity index (χ2v) is 6.44. The largest absolute Gasteiger partial charge is 0.493 e. The summed E-state index contributed by atoms with van der Waals surface area (Å²) in [4.78, 5) is 27.7. The van der Waals surface area contributed by atoms with Gasteiger partial charge in [0.1, 0.15) is 0 Å². The number of hydrogen-bond acceptors (Lipinski definition) is 6. The number of rotatable bonds is 6. The Bertz CT molecular complexity index is 925. The maximum Gasteiger partial charge on any atom is 0.341 e. The van der Waals surface area contributed by atoms with Gasteiger partial charge in [-0.15, -0.1) is 0 Å². The van der Waals surface area contributed by atoms with E-state index in [-0.39, 0.29) is 5.91 Å². The van der Waals surface area contributed by atoms with Crippen LogP contribution in [0.4, 0.5) is 5.69 Å². The van der Waals surface area contributed by atoms with Crippen molar-refractivity contribution in [3.05, 3.63) is 59.0 Å². The zero-order chi connectivity index (χ0) is 19.2. The summed E-state index contributed by atoms with van der Waals surface area (Å²) >= 11 is 1.24. The van der Waals surface area contributed by atoms with Crippen LogP contribution >= 0.6 is 11.8 Å². The van der Waals surface area contributed by atoms with Gasteiger partial charge in [-0.05, 0) is 47.7 Å². The van der Waals surface area contributed by atoms with Crippen LogP contribution in [-0.4, -0.2) is 35.9 Å². The smallest absolute Gasteiger partial charge is 0.341 e. The monoisotopic (exact) mass is 384 g/mol. The van der Waals surface area contributed by atoms with Crippen LogP contribution in [0.1, 0.15) is 5.56 Å². The lowest BCUT2D eigenvalue weighted by molar-refractivity contribution is -0.139. The Hall–Kier alpha value is -3.26. The topological polar surface area (TPSA) is 97.2 Å². The summed E-state index contributed by atoms with van der Waals surface area (Å²) in [5, 5.41) is 11.9. The minimum atomic E-state index is -1.08. The Labute approximate surface area is 159 Å². The molecule has 1 fully saturated rings. The van der Waals surface area contributed by atoms with E-state index < -0.39 is 12.6 Å². The van der Waals surface area contributed by atoms with Crippen molar-refractivity contribution in [2.24, 2.45) is 4.99 Å². The van der Waals surface area contributed by atoms with E-state index in [1.165, 1.54) is 18.9 Å². The Morgan fingerprint density at radius 3 is 2.70 bits per heavy atom. The molecule has 1 heterocycles. The molecule has 1 amide bonds. The molecule has 0 aromatic heterocycles. The van der Waals surface area contributed by atoms with Crippen LogP contribution < -0.4 is 14.8 Å². The second kappa shape index (κ2) is 8.41. The molecule has 0 unspecified atom stereocenters. The van der Waals surface area contributed by atoms with E-state index in [1.807, 2.05) is 30.3 Å². The van der Waals surface area contributed by atoms with Gasteiger partial charge in [-0.1, -0.05) is 24.3 Å². The standard InChI is InChI=1S/C19H16N2O5S/c1-25-15-9-12(7-8-14(15)26-11-17(22)23)10-16-18(24)21-19(27-16)20-13-5-3-2-4-6-13/h2-10H,11H2,1H3,(H,22,23)(H,20,21,24). The summed E-state index contributed by atoms with van der Waals surface area (Å²) in [5.74, 6) is -0.614. The number of carbonyl (C=O) groups excluding carboxylic acids is 1. The number of aliphatic carboxylic acids is 1.